The number of amides is 1. The molecule has 1 aromatic heterocycles. The average molecular weight is 470 g/mol. The summed E-state index contributed by atoms with van der Waals surface area (Å²) in [5.41, 5.74) is 1.81. The van der Waals surface area contributed by atoms with E-state index in [1.165, 1.54) is 11.8 Å². The van der Waals surface area contributed by atoms with E-state index < -0.39 is 9.84 Å². The standard InChI is InChI=1S/C24H27N3O3S2/c1-3-17(2)27(19-13-14-32(29,30)16-19)22(28)15-31-24-21-12-8-7-11-20(21)23(25-26-24)18-9-5-4-6-10-18/h4-12,17,19H,3,13-16H2,1-2H3/t17-,19+/m0/s1. The van der Waals surface area contributed by atoms with Gasteiger partial charge in [-0.25, -0.2) is 8.42 Å². The maximum atomic E-state index is 13.2. The first-order valence-corrected chi connectivity index (χ1v) is 13.7. The molecule has 1 amide bonds. The summed E-state index contributed by atoms with van der Waals surface area (Å²) in [5, 5.41) is 11.6. The Morgan fingerprint density at radius 3 is 2.44 bits per heavy atom. The number of benzene rings is 2. The monoisotopic (exact) mass is 469 g/mol. The van der Waals surface area contributed by atoms with Crippen molar-refractivity contribution in [3.63, 3.8) is 0 Å². The highest BCUT2D eigenvalue weighted by Crippen LogP contribution is 2.32. The normalized spacial score (nSPS) is 18.5. The summed E-state index contributed by atoms with van der Waals surface area (Å²) in [5.74, 6) is 0.360. The molecule has 4 rings (SSSR count). The van der Waals surface area contributed by atoms with Crippen molar-refractivity contribution in [2.24, 2.45) is 0 Å². The van der Waals surface area contributed by atoms with E-state index in [2.05, 4.69) is 10.2 Å². The third-order valence-corrected chi connectivity index (χ3v) is 8.71. The fourth-order valence-corrected chi connectivity index (χ4v) is 6.75. The van der Waals surface area contributed by atoms with Gasteiger partial charge < -0.3 is 4.90 Å². The van der Waals surface area contributed by atoms with Gasteiger partial charge in [0.15, 0.2) is 9.84 Å². The Labute approximate surface area is 193 Å². The Hall–Kier alpha value is -2.45. The number of rotatable bonds is 7. The van der Waals surface area contributed by atoms with E-state index in [1.54, 1.807) is 4.90 Å². The van der Waals surface area contributed by atoms with Crippen LogP contribution in [-0.2, 0) is 14.6 Å². The zero-order valence-electron chi connectivity index (χ0n) is 18.3. The topological polar surface area (TPSA) is 80.2 Å². The molecule has 1 fully saturated rings. The number of nitrogens with zero attached hydrogens (tertiary/aromatic N) is 3. The first-order chi connectivity index (χ1) is 15.4. The van der Waals surface area contributed by atoms with E-state index in [9.17, 15) is 13.2 Å². The molecule has 0 radical (unpaired) electrons. The number of fused-ring (bicyclic) bond motifs is 1. The highest BCUT2D eigenvalue weighted by atomic mass is 32.2. The van der Waals surface area contributed by atoms with Crippen molar-refractivity contribution in [2.45, 2.75) is 43.8 Å². The van der Waals surface area contributed by atoms with Crippen LogP contribution in [0.1, 0.15) is 26.7 Å². The van der Waals surface area contributed by atoms with E-state index in [4.69, 9.17) is 0 Å². The van der Waals surface area contributed by atoms with Crippen LogP contribution in [0.4, 0.5) is 0 Å². The van der Waals surface area contributed by atoms with Gasteiger partial charge in [-0.2, -0.15) is 0 Å². The minimum atomic E-state index is -3.07. The Morgan fingerprint density at radius 2 is 1.78 bits per heavy atom. The second kappa shape index (κ2) is 9.58. The molecule has 168 valence electrons. The molecule has 0 spiro atoms. The Kier molecular flexibility index (Phi) is 6.81. The molecule has 1 aliphatic heterocycles. The van der Waals surface area contributed by atoms with E-state index in [1.807, 2.05) is 68.4 Å². The highest BCUT2D eigenvalue weighted by molar-refractivity contribution is 8.00. The van der Waals surface area contributed by atoms with E-state index >= 15 is 0 Å². The van der Waals surface area contributed by atoms with Crippen molar-refractivity contribution in [3.8, 4) is 11.3 Å². The Bertz CT molecular complexity index is 1220. The zero-order chi connectivity index (χ0) is 22.7. The van der Waals surface area contributed by atoms with Crippen LogP contribution < -0.4 is 0 Å². The SMILES string of the molecule is CC[C@H](C)N(C(=O)CSc1nnc(-c2ccccc2)c2ccccc12)[C@@H]1CCS(=O)(=O)C1. The molecule has 2 aromatic carbocycles. The van der Waals surface area contributed by atoms with Gasteiger partial charge in [-0.1, -0.05) is 73.3 Å². The summed E-state index contributed by atoms with van der Waals surface area (Å²) < 4.78 is 24.0. The lowest BCUT2D eigenvalue weighted by Gasteiger charge is -2.33. The molecule has 6 nitrogen and oxygen atoms in total. The van der Waals surface area contributed by atoms with Crippen LogP contribution in [0.2, 0.25) is 0 Å². The third-order valence-electron chi connectivity index (χ3n) is 5.99. The number of hydrogen-bond donors (Lipinski definition) is 0. The smallest absolute Gasteiger partial charge is 0.233 e. The number of carbonyl (C=O) groups excluding carboxylic acids is 1. The van der Waals surface area contributed by atoms with Crippen LogP contribution in [-0.4, -0.2) is 58.8 Å². The highest BCUT2D eigenvalue weighted by Gasteiger charge is 2.36. The number of aromatic nitrogens is 2. The van der Waals surface area contributed by atoms with E-state index in [0.29, 0.717) is 11.4 Å². The van der Waals surface area contributed by atoms with Gasteiger partial charge in [0.2, 0.25) is 5.91 Å². The second-order valence-electron chi connectivity index (χ2n) is 8.17. The van der Waals surface area contributed by atoms with Crippen LogP contribution in [0.25, 0.3) is 22.0 Å². The van der Waals surface area contributed by atoms with Crippen molar-refractivity contribution in [1.29, 1.82) is 0 Å². The molecule has 0 N–H and O–H groups in total. The van der Waals surface area contributed by atoms with Gasteiger partial charge in [-0.15, -0.1) is 10.2 Å². The number of carbonyl (C=O) groups is 1. The van der Waals surface area contributed by atoms with Crippen molar-refractivity contribution in [1.82, 2.24) is 15.1 Å². The molecular formula is C24H27N3O3S2. The van der Waals surface area contributed by atoms with Crippen molar-refractivity contribution < 1.29 is 13.2 Å². The molecule has 32 heavy (non-hydrogen) atoms. The fourth-order valence-electron chi connectivity index (χ4n) is 4.20. The molecule has 0 bridgehead atoms. The summed E-state index contributed by atoms with van der Waals surface area (Å²) in [7, 11) is -3.07. The van der Waals surface area contributed by atoms with Gasteiger partial charge in [0.1, 0.15) is 10.7 Å². The first-order valence-electron chi connectivity index (χ1n) is 10.8. The van der Waals surface area contributed by atoms with Gasteiger partial charge >= 0.3 is 0 Å². The van der Waals surface area contributed by atoms with Crippen LogP contribution in [0.3, 0.4) is 0 Å². The number of sulfone groups is 1. The molecule has 0 saturated carbocycles. The van der Waals surface area contributed by atoms with E-state index in [0.717, 1.165) is 28.5 Å². The largest absolute Gasteiger partial charge is 0.335 e. The minimum absolute atomic E-state index is 0.00955. The van der Waals surface area contributed by atoms with E-state index in [-0.39, 0.29) is 35.2 Å². The summed E-state index contributed by atoms with van der Waals surface area (Å²) in [6, 6.07) is 17.6. The molecule has 8 heteroatoms. The Balaban J connectivity index is 1.58. The van der Waals surface area contributed by atoms with Crippen LogP contribution in [0, 0.1) is 0 Å². The molecule has 1 aliphatic rings. The average Bonchev–Trinajstić information content (AvgIpc) is 3.16. The second-order valence-corrected chi connectivity index (χ2v) is 11.4. The Morgan fingerprint density at radius 1 is 1.09 bits per heavy atom. The molecule has 3 aromatic rings. The van der Waals surface area contributed by atoms with Crippen LogP contribution in [0.15, 0.2) is 59.6 Å². The predicted octanol–water partition coefficient (Wildman–Crippen LogP) is 4.20. The summed E-state index contributed by atoms with van der Waals surface area (Å²) >= 11 is 1.36. The van der Waals surface area contributed by atoms with Gasteiger partial charge in [0.05, 0.1) is 17.3 Å². The minimum Gasteiger partial charge on any atom is -0.335 e. The third kappa shape index (κ3) is 4.81. The van der Waals surface area contributed by atoms with Crippen molar-refractivity contribution >= 4 is 38.3 Å². The van der Waals surface area contributed by atoms with Crippen molar-refractivity contribution in [3.05, 3.63) is 54.6 Å². The molecular weight excluding hydrogens is 442 g/mol. The lowest BCUT2D eigenvalue weighted by molar-refractivity contribution is -0.132. The lowest BCUT2D eigenvalue weighted by Crippen LogP contribution is -2.47. The molecule has 0 aliphatic carbocycles. The number of thioether (sulfide) groups is 1. The lowest BCUT2D eigenvalue weighted by atomic mass is 10.1. The molecule has 0 unspecified atom stereocenters. The molecule has 2 atom stereocenters. The molecule has 2 heterocycles. The first kappa shape index (κ1) is 22.7. The van der Waals surface area contributed by atoms with Crippen LogP contribution >= 0.6 is 11.8 Å². The van der Waals surface area contributed by atoms with Gasteiger partial charge in [-0.05, 0) is 19.8 Å². The predicted molar refractivity (Wildman–Crippen MR) is 129 cm³/mol. The quantitative estimate of drug-likeness (QED) is 0.483. The maximum Gasteiger partial charge on any atom is 0.233 e. The van der Waals surface area contributed by atoms with Crippen molar-refractivity contribution in [2.75, 3.05) is 17.3 Å². The summed E-state index contributed by atoms with van der Waals surface area (Å²) in [4.78, 5) is 15.0. The summed E-state index contributed by atoms with van der Waals surface area (Å²) in [6.45, 7) is 4.00. The zero-order valence-corrected chi connectivity index (χ0v) is 19.9. The van der Waals surface area contributed by atoms with Gasteiger partial charge in [-0.3, -0.25) is 4.79 Å². The maximum absolute atomic E-state index is 13.2. The summed E-state index contributed by atoms with van der Waals surface area (Å²) in [6.07, 6.45) is 1.29. The van der Waals surface area contributed by atoms with Gasteiger partial charge in [0, 0.05) is 28.4 Å². The van der Waals surface area contributed by atoms with Crippen LogP contribution in [0.5, 0.6) is 0 Å². The molecule has 1 saturated heterocycles. The van der Waals surface area contributed by atoms with Gasteiger partial charge in [0.25, 0.3) is 0 Å². The fraction of sp³-hybridized carbons (Fsp3) is 0.375. The number of hydrogen-bond acceptors (Lipinski definition) is 6.